The Morgan fingerprint density at radius 2 is 2.00 bits per heavy atom. The quantitative estimate of drug-likeness (QED) is 0.880. The minimum Gasteiger partial charge on any atom is -0.348 e. The number of carbonyl (C=O) groups excluding carboxylic acids is 1. The second-order valence-corrected chi connectivity index (χ2v) is 6.89. The summed E-state index contributed by atoms with van der Waals surface area (Å²) in [7, 11) is 1.81. The number of halogens is 3. The van der Waals surface area contributed by atoms with Gasteiger partial charge in [-0.25, -0.2) is 0 Å². The number of hydrogen-bond acceptors (Lipinski definition) is 3. The zero-order chi connectivity index (χ0) is 19.2. The number of aromatic nitrogens is 4. The molecular formula is C17H22F3N5O. The maximum absolute atomic E-state index is 13.0. The first-order chi connectivity index (χ1) is 12.1. The summed E-state index contributed by atoms with van der Waals surface area (Å²) in [6.07, 6.45) is -1.20. The Morgan fingerprint density at radius 1 is 1.35 bits per heavy atom. The molecule has 0 spiro atoms. The van der Waals surface area contributed by atoms with Crippen molar-refractivity contribution in [1.29, 1.82) is 0 Å². The molecule has 1 fully saturated rings. The fraction of sp³-hybridized carbons (Fsp3) is 0.588. The van der Waals surface area contributed by atoms with E-state index >= 15 is 0 Å². The molecule has 0 unspecified atom stereocenters. The first kappa shape index (κ1) is 18.5. The Hall–Kier alpha value is -2.32. The molecule has 9 heteroatoms. The summed E-state index contributed by atoms with van der Waals surface area (Å²) in [5.41, 5.74) is 1.31. The summed E-state index contributed by atoms with van der Waals surface area (Å²) in [6.45, 7) is 5.28. The number of rotatable bonds is 5. The van der Waals surface area contributed by atoms with Crippen LogP contribution in [0.5, 0.6) is 0 Å². The molecule has 1 amide bonds. The fourth-order valence-electron chi connectivity index (χ4n) is 3.01. The minimum absolute atomic E-state index is 0.0480. The van der Waals surface area contributed by atoms with Crippen molar-refractivity contribution in [3.63, 3.8) is 0 Å². The van der Waals surface area contributed by atoms with Crippen molar-refractivity contribution in [2.75, 3.05) is 0 Å². The maximum atomic E-state index is 13.0. The lowest BCUT2D eigenvalue weighted by molar-refractivity contribution is -0.142. The van der Waals surface area contributed by atoms with Gasteiger partial charge in [-0.3, -0.25) is 14.2 Å². The Kier molecular flexibility index (Phi) is 4.58. The van der Waals surface area contributed by atoms with Crippen molar-refractivity contribution in [1.82, 2.24) is 24.9 Å². The number of carbonyl (C=O) groups is 1. The zero-order valence-electron chi connectivity index (χ0n) is 15.1. The first-order valence-electron chi connectivity index (χ1n) is 8.55. The Bertz CT molecular complexity index is 819. The van der Waals surface area contributed by atoms with Gasteiger partial charge in [-0.2, -0.15) is 23.4 Å². The van der Waals surface area contributed by atoms with E-state index in [0.29, 0.717) is 5.69 Å². The van der Waals surface area contributed by atoms with Crippen LogP contribution in [-0.2, 0) is 18.0 Å². The van der Waals surface area contributed by atoms with Crippen LogP contribution in [0, 0.1) is 6.92 Å². The van der Waals surface area contributed by atoms with Crippen molar-refractivity contribution >= 4 is 5.91 Å². The highest BCUT2D eigenvalue weighted by Crippen LogP contribution is 2.43. The van der Waals surface area contributed by atoms with Gasteiger partial charge in [-0.1, -0.05) is 0 Å². The van der Waals surface area contributed by atoms with Crippen LogP contribution < -0.4 is 5.32 Å². The molecule has 1 aliphatic carbocycles. The molecule has 1 N–H and O–H groups in total. The summed E-state index contributed by atoms with van der Waals surface area (Å²) in [6, 6.07) is -0.0716. The van der Waals surface area contributed by atoms with E-state index in [1.165, 1.54) is 4.68 Å². The lowest BCUT2D eigenvalue weighted by Crippen LogP contribution is -2.34. The lowest BCUT2D eigenvalue weighted by atomic mass is 10.1. The van der Waals surface area contributed by atoms with E-state index in [-0.39, 0.29) is 17.9 Å². The van der Waals surface area contributed by atoms with Gasteiger partial charge in [-0.15, -0.1) is 0 Å². The van der Waals surface area contributed by atoms with Crippen molar-refractivity contribution < 1.29 is 18.0 Å². The molecule has 26 heavy (non-hydrogen) atoms. The predicted octanol–water partition coefficient (Wildman–Crippen LogP) is 3.26. The van der Waals surface area contributed by atoms with E-state index in [2.05, 4.69) is 15.5 Å². The van der Waals surface area contributed by atoms with E-state index in [4.69, 9.17) is 0 Å². The van der Waals surface area contributed by atoms with Gasteiger partial charge in [0.15, 0.2) is 5.69 Å². The average molecular weight is 369 g/mol. The van der Waals surface area contributed by atoms with Crippen molar-refractivity contribution in [2.45, 2.75) is 57.8 Å². The van der Waals surface area contributed by atoms with E-state index in [1.54, 1.807) is 24.9 Å². The third-order valence-corrected chi connectivity index (χ3v) is 4.90. The average Bonchev–Trinajstić information content (AvgIpc) is 3.21. The van der Waals surface area contributed by atoms with Crippen LogP contribution in [0.4, 0.5) is 13.2 Å². The Labute approximate surface area is 149 Å². The van der Waals surface area contributed by atoms with Crippen LogP contribution >= 0.6 is 0 Å². The summed E-state index contributed by atoms with van der Waals surface area (Å²) >= 11 is 0. The van der Waals surface area contributed by atoms with Crippen LogP contribution in [0.2, 0.25) is 0 Å². The SMILES string of the molecule is Cc1c([C@@H](C)NC(=O)[C@H](C)n2nc(C(F)(F)F)cc2C2CC2)cnn1C. The lowest BCUT2D eigenvalue weighted by Gasteiger charge is -2.19. The molecule has 0 aromatic carbocycles. The molecule has 2 atom stereocenters. The molecule has 2 aromatic heterocycles. The number of hydrogen-bond donors (Lipinski definition) is 1. The highest BCUT2D eigenvalue weighted by atomic mass is 19.4. The van der Waals surface area contributed by atoms with Gasteiger partial charge in [0.25, 0.3) is 0 Å². The molecule has 142 valence electrons. The summed E-state index contributed by atoms with van der Waals surface area (Å²) in [5, 5.41) is 10.7. The molecule has 2 heterocycles. The van der Waals surface area contributed by atoms with Gasteiger partial charge >= 0.3 is 6.18 Å². The van der Waals surface area contributed by atoms with Crippen molar-refractivity contribution in [2.24, 2.45) is 7.05 Å². The van der Waals surface area contributed by atoms with Crippen molar-refractivity contribution in [3.8, 4) is 0 Å². The number of alkyl halides is 3. The Balaban J connectivity index is 1.80. The maximum Gasteiger partial charge on any atom is 0.435 e. The van der Waals surface area contributed by atoms with Gasteiger partial charge < -0.3 is 5.32 Å². The molecule has 0 saturated heterocycles. The van der Waals surface area contributed by atoms with Crippen LogP contribution in [-0.4, -0.2) is 25.5 Å². The highest BCUT2D eigenvalue weighted by Gasteiger charge is 2.39. The first-order valence-corrected chi connectivity index (χ1v) is 8.55. The monoisotopic (exact) mass is 369 g/mol. The summed E-state index contributed by atoms with van der Waals surface area (Å²) in [5.74, 6) is -0.327. The standard InChI is InChI=1S/C17H22F3N5O/c1-9(13-8-21-24(4)10(13)2)22-16(26)11(3)25-14(12-5-6-12)7-15(23-25)17(18,19)20/h7-9,11-12H,5-6H2,1-4H3,(H,22,26)/t9-,11+/m1/s1. The number of nitrogens with one attached hydrogen (secondary N) is 1. The third-order valence-electron chi connectivity index (χ3n) is 4.90. The highest BCUT2D eigenvalue weighted by molar-refractivity contribution is 5.80. The third kappa shape index (κ3) is 3.47. The van der Waals surface area contributed by atoms with E-state index in [0.717, 1.165) is 30.2 Å². The second kappa shape index (κ2) is 6.44. The van der Waals surface area contributed by atoms with Crippen LogP contribution in [0.1, 0.15) is 67.3 Å². The summed E-state index contributed by atoms with van der Waals surface area (Å²) < 4.78 is 42.0. The molecule has 0 bridgehead atoms. The zero-order valence-corrected chi connectivity index (χ0v) is 15.1. The topological polar surface area (TPSA) is 64.7 Å². The van der Waals surface area contributed by atoms with Gasteiger partial charge in [0.05, 0.1) is 12.2 Å². The fourth-order valence-corrected chi connectivity index (χ4v) is 3.01. The predicted molar refractivity (Wildman–Crippen MR) is 88.4 cm³/mol. The summed E-state index contributed by atoms with van der Waals surface area (Å²) in [4.78, 5) is 12.6. The molecule has 1 saturated carbocycles. The van der Waals surface area contributed by atoms with Crippen LogP contribution in [0.3, 0.4) is 0 Å². The second-order valence-electron chi connectivity index (χ2n) is 6.89. The van der Waals surface area contributed by atoms with Gasteiger partial charge in [0.2, 0.25) is 5.91 Å². The van der Waals surface area contributed by atoms with Gasteiger partial charge in [-0.05, 0) is 39.7 Å². The number of nitrogens with zero attached hydrogens (tertiary/aromatic N) is 4. The molecule has 6 nitrogen and oxygen atoms in total. The molecule has 3 rings (SSSR count). The van der Waals surface area contributed by atoms with Gasteiger partial charge in [0.1, 0.15) is 6.04 Å². The molecular weight excluding hydrogens is 347 g/mol. The molecule has 0 radical (unpaired) electrons. The van der Waals surface area contributed by atoms with Crippen LogP contribution in [0.15, 0.2) is 12.3 Å². The molecule has 0 aliphatic heterocycles. The smallest absolute Gasteiger partial charge is 0.348 e. The molecule has 2 aromatic rings. The molecule has 1 aliphatic rings. The van der Waals surface area contributed by atoms with E-state index < -0.39 is 17.9 Å². The van der Waals surface area contributed by atoms with E-state index in [1.807, 2.05) is 13.8 Å². The largest absolute Gasteiger partial charge is 0.435 e. The number of aryl methyl sites for hydroxylation is 1. The minimum atomic E-state index is -4.52. The van der Waals surface area contributed by atoms with Crippen LogP contribution in [0.25, 0.3) is 0 Å². The van der Waals surface area contributed by atoms with Gasteiger partial charge in [0, 0.05) is 29.9 Å². The Morgan fingerprint density at radius 3 is 2.50 bits per heavy atom. The number of amides is 1. The van der Waals surface area contributed by atoms with E-state index in [9.17, 15) is 18.0 Å². The normalized spacial score (nSPS) is 17.2. The van der Waals surface area contributed by atoms with Crippen molar-refractivity contribution in [3.05, 3.63) is 34.9 Å².